The lowest BCUT2D eigenvalue weighted by atomic mass is 10.1. The fourth-order valence-corrected chi connectivity index (χ4v) is 1.57. The number of nitrogens with zero attached hydrogens (tertiary/aromatic N) is 1. The summed E-state index contributed by atoms with van der Waals surface area (Å²) in [6.07, 6.45) is 0.804. The molecule has 1 aromatic carbocycles. The highest BCUT2D eigenvalue weighted by molar-refractivity contribution is 6.31. The van der Waals surface area contributed by atoms with Crippen molar-refractivity contribution >= 4 is 17.9 Å². The molecule has 15 heavy (non-hydrogen) atoms. The molecule has 0 fully saturated rings. The molecule has 0 saturated heterocycles. The second-order valence-corrected chi connectivity index (χ2v) is 3.96. The fourth-order valence-electron chi connectivity index (χ4n) is 1.29. The van der Waals surface area contributed by atoms with Gasteiger partial charge >= 0.3 is 0 Å². The van der Waals surface area contributed by atoms with Gasteiger partial charge in [-0.05, 0) is 37.2 Å². The highest BCUT2D eigenvalue weighted by Gasteiger charge is 2.07. The van der Waals surface area contributed by atoms with E-state index in [1.807, 2.05) is 0 Å². The maximum atomic E-state index is 13.2. The van der Waals surface area contributed by atoms with Gasteiger partial charge in [-0.25, -0.2) is 4.39 Å². The van der Waals surface area contributed by atoms with Gasteiger partial charge in [0.15, 0.2) is 0 Å². The molecule has 1 aromatic rings. The van der Waals surface area contributed by atoms with E-state index in [4.69, 9.17) is 11.6 Å². The van der Waals surface area contributed by atoms with Crippen molar-refractivity contribution in [1.29, 1.82) is 0 Å². The largest absolute Gasteiger partial charge is 0.302 e. The van der Waals surface area contributed by atoms with Gasteiger partial charge < -0.3 is 4.79 Å². The lowest BCUT2D eigenvalue weighted by Crippen LogP contribution is -2.20. The third-order valence-corrected chi connectivity index (χ3v) is 2.51. The molecule has 0 aliphatic rings. The van der Waals surface area contributed by atoms with Gasteiger partial charge in [0, 0.05) is 11.6 Å². The van der Waals surface area contributed by atoms with Gasteiger partial charge in [-0.15, -0.1) is 0 Å². The van der Waals surface area contributed by atoms with Gasteiger partial charge in [-0.3, -0.25) is 4.90 Å². The minimum Gasteiger partial charge on any atom is -0.302 e. The molecule has 0 aliphatic carbocycles. The highest BCUT2D eigenvalue weighted by atomic mass is 35.5. The summed E-state index contributed by atoms with van der Waals surface area (Å²) in [5.74, 6) is -0.270. The molecule has 0 N–H and O–H groups in total. The number of hydrogen-bond acceptors (Lipinski definition) is 2. The van der Waals surface area contributed by atoms with Gasteiger partial charge in [0.05, 0.1) is 6.54 Å². The van der Waals surface area contributed by atoms with Crippen LogP contribution in [0.15, 0.2) is 12.1 Å². The van der Waals surface area contributed by atoms with E-state index in [2.05, 4.69) is 0 Å². The smallest absolute Gasteiger partial charge is 0.133 e. The number of carbonyl (C=O) groups is 1. The van der Waals surface area contributed by atoms with Crippen molar-refractivity contribution in [2.24, 2.45) is 0 Å². The number of aldehydes is 1. The molecule has 0 saturated carbocycles. The van der Waals surface area contributed by atoms with Gasteiger partial charge in [0.2, 0.25) is 0 Å². The van der Waals surface area contributed by atoms with Crippen LogP contribution in [0.5, 0.6) is 0 Å². The Hall–Kier alpha value is -0.930. The van der Waals surface area contributed by atoms with E-state index < -0.39 is 0 Å². The quantitative estimate of drug-likeness (QED) is 0.739. The van der Waals surface area contributed by atoms with Gasteiger partial charge in [-0.2, -0.15) is 0 Å². The van der Waals surface area contributed by atoms with Crippen molar-refractivity contribution in [1.82, 2.24) is 4.90 Å². The molecule has 0 bridgehead atoms. The summed E-state index contributed by atoms with van der Waals surface area (Å²) in [4.78, 5) is 12.0. The van der Waals surface area contributed by atoms with E-state index in [0.717, 1.165) is 6.29 Å². The lowest BCUT2D eigenvalue weighted by molar-refractivity contribution is -0.108. The summed E-state index contributed by atoms with van der Waals surface area (Å²) in [6, 6.07) is 3.01. The van der Waals surface area contributed by atoms with Gasteiger partial charge in [0.1, 0.15) is 12.1 Å². The fraction of sp³-hybridized carbons (Fsp3) is 0.364. The van der Waals surface area contributed by atoms with E-state index >= 15 is 0 Å². The molecule has 1 rings (SSSR count). The molecule has 0 amide bonds. The van der Waals surface area contributed by atoms with Crippen LogP contribution in [0.25, 0.3) is 0 Å². The Labute approximate surface area is 93.6 Å². The zero-order valence-corrected chi connectivity index (χ0v) is 9.51. The molecular formula is C11H13ClFNO. The maximum Gasteiger partial charge on any atom is 0.133 e. The molecule has 0 atom stereocenters. The molecular weight excluding hydrogens is 217 g/mol. The van der Waals surface area contributed by atoms with Crippen LogP contribution in [0.3, 0.4) is 0 Å². The molecule has 0 spiro atoms. The summed E-state index contributed by atoms with van der Waals surface area (Å²) in [7, 11) is 1.78. The van der Waals surface area contributed by atoms with Crippen LogP contribution in [0.2, 0.25) is 5.02 Å². The predicted molar refractivity (Wildman–Crippen MR) is 58.5 cm³/mol. The number of rotatable bonds is 4. The molecule has 82 valence electrons. The number of likely N-dealkylation sites (N-methyl/N-ethyl adjacent to an activating group) is 1. The number of benzene rings is 1. The van der Waals surface area contributed by atoms with Crippen LogP contribution in [-0.2, 0) is 11.3 Å². The zero-order chi connectivity index (χ0) is 11.4. The van der Waals surface area contributed by atoms with E-state index in [1.165, 1.54) is 6.07 Å². The molecule has 0 aromatic heterocycles. The molecule has 0 heterocycles. The van der Waals surface area contributed by atoms with Crippen molar-refractivity contribution in [3.05, 3.63) is 34.1 Å². The highest BCUT2D eigenvalue weighted by Crippen LogP contribution is 2.21. The standard InChI is InChI=1S/C11H13ClFNO/c1-8-5-10(12)9(6-11(8)13)7-14(2)3-4-15/h4-6H,3,7H2,1-2H3. The van der Waals surface area contributed by atoms with Crippen molar-refractivity contribution in [2.45, 2.75) is 13.5 Å². The SMILES string of the molecule is Cc1cc(Cl)c(CN(C)CC=O)cc1F. The third-order valence-electron chi connectivity index (χ3n) is 2.15. The van der Waals surface area contributed by atoms with E-state index in [0.29, 0.717) is 29.2 Å². The van der Waals surface area contributed by atoms with Crippen LogP contribution >= 0.6 is 11.6 Å². The van der Waals surface area contributed by atoms with E-state index in [9.17, 15) is 9.18 Å². The Balaban J connectivity index is 2.85. The van der Waals surface area contributed by atoms with Gasteiger partial charge in [-0.1, -0.05) is 11.6 Å². The maximum absolute atomic E-state index is 13.2. The number of carbonyl (C=O) groups excluding carboxylic acids is 1. The summed E-state index contributed by atoms with van der Waals surface area (Å²) in [5.41, 5.74) is 1.23. The summed E-state index contributed by atoms with van der Waals surface area (Å²) < 4.78 is 13.2. The molecule has 4 heteroatoms. The zero-order valence-electron chi connectivity index (χ0n) is 8.76. The van der Waals surface area contributed by atoms with E-state index in [1.54, 1.807) is 24.9 Å². The monoisotopic (exact) mass is 229 g/mol. The lowest BCUT2D eigenvalue weighted by Gasteiger charge is -2.14. The Morgan fingerprint density at radius 1 is 1.53 bits per heavy atom. The number of halogens is 2. The second kappa shape index (κ2) is 5.24. The molecule has 2 nitrogen and oxygen atoms in total. The Kier molecular flexibility index (Phi) is 4.24. The molecule has 0 radical (unpaired) electrons. The predicted octanol–water partition coefficient (Wildman–Crippen LogP) is 2.42. The number of aryl methyl sites for hydroxylation is 1. The minimum absolute atomic E-state index is 0.270. The Morgan fingerprint density at radius 3 is 2.80 bits per heavy atom. The minimum atomic E-state index is -0.270. The van der Waals surface area contributed by atoms with Crippen LogP contribution in [0.4, 0.5) is 4.39 Å². The van der Waals surface area contributed by atoms with Crippen molar-refractivity contribution in [3.8, 4) is 0 Å². The van der Waals surface area contributed by atoms with Crippen LogP contribution in [-0.4, -0.2) is 24.8 Å². The normalized spacial score (nSPS) is 10.7. The molecule has 0 aliphatic heterocycles. The van der Waals surface area contributed by atoms with Crippen molar-refractivity contribution < 1.29 is 9.18 Å². The Morgan fingerprint density at radius 2 is 2.20 bits per heavy atom. The van der Waals surface area contributed by atoms with Crippen LogP contribution in [0, 0.1) is 12.7 Å². The molecule has 0 unspecified atom stereocenters. The first-order chi connectivity index (χ1) is 7.04. The first-order valence-electron chi connectivity index (χ1n) is 4.61. The summed E-state index contributed by atoms with van der Waals surface area (Å²) >= 11 is 5.96. The first-order valence-corrected chi connectivity index (χ1v) is 4.99. The average Bonchev–Trinajstić information content (AvgIpc) is 2.14. The van der Waals surface area contributed by atoms with Crippen LogP contribution < -0.4 is 0 Å². The van der Waals surface area contributed by atoms with Crippen molar-refractivity contribution in [2.75, 3.05) is 13.6 Å². The number of hydrogen-bond donors (Lipinski definition) is 0. The first kappa shape index (κ1) is 12.1. The Bertz CT molecular complexity index is 368. The third kappa shape index (κ3) is 3.29. The topological polar surface area (TPSA) is 20.3 Å². The second-order valence-electron chi connectivity index (χ2n) is 3.56. The van der Waals surface area contributed by atoms with Crippen molar-refractivity contribution in [3.63, 3.8) is 0 Å². The van der Waals surface area contributed by atoms with Crippen LogP contribution in [0.1, 0.15) is 11.1 Å². The van der Waals surface area contributed by atoms with E-state index in [-0.39, 0.29) is 5.82 Å². The average molecular weight is 230 g/mol. The summed E-state index contributed by atoms with van der Waals surface area (Å²) in [5, 5.41) is 0.534. The van der Waals surface area contributed by atoms with Gasteiger partial charge in [0.25, 0.3) is 0 Å². The summed E-state index contributed by atoms with van der Waals surface area (Å²) in [6.45, 7) is 2.45.